The second kappa shape index (κ2) is 31.6. The molecular formula is C39H72O2. The Labute approximate surface area is 258 Å². The summed E-state index contributed by atoms with van der Waals surface area (Å²) in [5.41, 5.74) is -0.572. The molecule has 240 valence electrons. The van der Waals surface area contributed by atoms with Gasteiger partial charge in [0.1, 0.15) is 0 Å². The van der Waals surface area contributed by atoms with Gasteiger partial charge in [0, 0.05) is 0 Å². The lowest BCUT2D eigenvalue weighted by atomic mass is 9.78. The highest BCUT2D eigenvalue weighted by Crippen LogP contribution is 2.34. The Kier molecular flexibility index (Phi) is 30.6. The van der Waals surface area contributed by atoms with Crippen LogP contribution in [0, 0.1) is 5.41 Å². The molecule has 0 radical (unpaired) electrons. The van der Waals surface area contributed by atoms with Crippen LogP contribution in [-0.4, -0.2) is 12.6 Å². The molecule has 0 bridgehead atoms. The number of allylic oxidation sites excluding steroid dienone is 3. The normalized spacial score (nSPS) is 11.4. The zero-order valence-corrected chi connectivity index (χ0v) is 27.9. The van der Waals surface area contributed by atoms with E-state index < -0.39 is 5.41 Å². The molecule has 2 nitrogen and oxygen atoms in total. The minimum absolute atomic E-state index is 0.128. The Morgan fingerprint density at radius 3 is 0.951 bits per heavy atom. The van der Waals surface area contributed by atoms with Crippen molar-refractivity contribution in [1.29, 1.82) is 0 Å². The van der Waals surface area contributed by atoms with Crippen LogP contribution in [0.2, 0.25) is 0 Å². The van der Waals surface area contributed by atoms with E-state index in [1.807, 2.05) is 0 Å². The van der Waals surface area contributed by atoms with Crippen LogP contribution in [0.5, 0.6) is 0 Å². The third-order valence-electron chi connectivity index (χ3n) is 8.77. The summed E-state index contributed by atoms with van der Waals surface area (Å²) in [5, 5.41) is 0. The Hall–Kier alpha value is -1.31. The quantitative estimate of drug-likeness (QED) is 0.0435. The highest BCUT2D eigenvalue weighted by atomic mass is 16.5. The summed E-state index contributed by atoms with van der Waals surface area (Å²) in [4.78, 5) is 12.7. The van der Waals surface area contributed by atoms with Gasteiger partial charge in [-0.05, 0) is 25.7 Å². The van der Waals surface area contributed by atoms with Crippen molar-refractivity contribution in [1.82, 2.24) is 0 Å². The fraction of sp³-hybridized carbons (Fsp3) is 0.821. The molecule has 0 aliphatic carbocycles. The zero-order valence-electron chi connectivity index (χ0n) is 27.9. The SMILES string of the molecule is C=CCC(CC=C)(CC=C)C(=O)OCCCCCCCCCCCCCCCCCCCCCCCCCCCC. The summed E-state index contributed by atoms with van der Waals surface area (Å²) in [6.07, 6.45) is 43.5. The molecule has 0 heterocycles. The van der Waals surface area contributed by atoms with Gasteiger partial charge >= 0.3 is 5.97 Å². The maximum atomic E-state index is 12.7. The molecule has 0 amide bonds. The van der Waals surface area contributed by atoms with Gasteiger partial charge in [0.2, 0.25) is 0 Å². The summed E-state index contributed by atoms with van der Waals surface area (Å²) in [6, 6.07) is 0. The summed E-state index contributed by atoms with van der Waals surface area (Å²) in [6.45, 7) is 14.3. The smallest absolute Gasteiger partial charge is 0.313 e. The van der Waals surface area contributed by atoms with Gasteiger partial charge in [-0.15, -0.1) is 19.7 Å². The van der Waals surface area contributed by atoms with Crippen molar-refractivity contribution in [2.45, 2.75) is 193 Å². The standard InChI is InChI=1S/C39H72O2/c1-5-9-10-11-12-13-14-15-16-17-18-19-20-21-22-23-24-25-26-27-28-29-30-31-32-33-37-41-38(40)39(34-6-2,35-7-3)36-8-4/h6-8H,2-5,9-37H2,1H3. The van der Waals surface area contributed by atoms with Crippen LogP contribution in [-0.2, 0) is 9.53 Å². The fourth-order valence-electron chi connectivity index (χ4n) is 6.06. The van der Waals surface area contributed by atoms with Gasteiger partial charge in [-0.25, -0.2) is 0 Å². The predicted octanol–water partition coefficient (Wildman–Crippen LogP) is 13.4. The van der Waals surface area contributed by atoms with E-state index in [0.717, 1.165) is 12.8 Å². The molecular weight excluding hydrogens is 500 g/mol. The lowest BCUT2D eigenvalue weighted by Gasteiger charge is -2.28. The molecule has 0 unspecified atom stereocenters. The van der Waals surface area contributed by atoms with E-state index in [2.05, 4.69) is 26.7 Å². The largest absolute Gasteiger partial charge is 0.465 e. The lowest BCUT2D eigenvalue weighted by molar-refractivity contribution is -0.155. The third kappa shape index (κ3) is 24.9. The molecule has 0 rings (SSSR count). The predicted molar refractivity (Wildman–Crippen MR) is 184 cm³/mol. The van der Waals surface area contributed by atoms with Gasteiger partial charge in [-0.2, -0.15) is 0 Å². The average Bonchev–Trinajstić information content (AvgIpc) is 2.97. The molecule has 0 saturated carbocycles. The van der Waals surface area contributed by atoms with Crippen LogP contribution >= 0.6 is 0 Å². The van der Waals surface area contributed by atoms with Gasteiger partial charge in [-0.1, -0.05) is 186 Å². The highest BCUT2D eigenvalue weighted by Gasteiger charge is 2.36. The van der Waals surface area contributed by atoms with Crippen LogP contribution in [0.4, 0.5) is 0 Å². The lowest BCUT2D eigenvalue weighted by Crippen LogP contribution is -2.32. The number of carbonyl (C=O) groups excluding carboxylic acids is 1. The molecule has 0 aromatic heterocycles. The van der Waals surface area contributed by atoms with Crippen LogP contribution in [0.1, 0.15) is 193 Å². The molecule has 0 aromatic carbocycles. The van der Waals surface area contributed by atoms with E-state index in [1.54, 1.807) is 18.2 Å². The summed E-state index contributed by atoms with van der Waals surface area (Å²) < 4.78 is 5.64. The first-order valence-electron chi connectivity index (χ1n) is 18.2. The Bertz CT molecular complexity index is 566. The van der Waals surface area contributed by atoms with E-state index in [0.29, 0.717) is 25.9 Å². The van der Waals surface area contributed by atoms with Crippen molar-refractivity contribution in [3.63, 3.8) is 0 Å². The number of unbranched alkanes of at least 4 members (excludes halogenated alkanes) is 25. The molecule has 0 saturated heterocycles. The number of ether oxygens (including phenoxy) is 1. The number of esters is 1. The zero-order chi connectivity index (χ0) is 30.1. The second-order valence-corrected chi connectivity index (χ2v) is 12.7. The number of rotatable bonds is 34. The maximum Gasteiger partial charge on any atom is 0.313 e. The molecule has 41 heavy (non-hydrogen) atoms. The van der Waals surface area contributed by atoms with Gasteiger partial charge in [-0.3, -0.25) is 4.79 Å². The highest BCUT2D eigenvalue weighted by molar-refractivity contribution is 5.77. The van der Waals surface area contributed by atoms with Gasteiger partial charge in [0.15, 0.2) is 0 Å². The average molecular weight is 573 g/mol. The molecule has 0 fully saturated rings. The number of carbonyl (C=O) groups is 1. The van der Waals surface area contributed by atoms with Gasteiger partial charge in [0.05, 0.1) is 12.0 Å². The summed E-state index contributed by atoms with van der Waals surface area (Å²) in [5.74, 6) is -0.128. The molecule has 0 spiro atoms. The molecule has 0 aliphatic heterocycles. The Balaban J connectivity index is 3.36. The first-order chi connectivity index (χ1) is 20.2. The minimum Gasteiger partial charge on any atom is -0.465 e. The summed E-state index contributed by atoms with van der Waals surface area (Å²) in [7, 11) is 0. The van der Waals surface area contributed by atoms with Crippen molar-refractivity contribution in [3.05, 3.63) is 38.0 Å². The molecule has 0 aliphatic rings. The first kappa shape index (κ1) is 39.7. The minimum atomic E-state index is -0.572. The first-order valence-corrected chi connectivity index (χ1v) is 18.2. The molecule has 0 aromatic rings. The topological polar surface area (TPSA) is 26.3 Å². The monoisotopic (exact) mass is 573 g/mol. The molecule has 0 atom stereocenters. The fourth-order valence-corrected chi connectivity index (χ4v) is 6.06. The number of hydrogen-bond donors (Lipinski definition) is 0. The van der Waals surface area contributed by atoms with E-state index in [4.69, 9.17) is 4.74 Å². The van der Waals surface area contributed by atoms with Gasteiger partial charge in [0.25, 0.3) is 0 Å². The maximum absolute atomic E-state index is 12.7. The van der Waals surface area contributed by atoms with Crippen molar-refractivity contribution in [2.75, 3.05) is 6.61 Å². The summed E-state index contributed by atoms with van der Waals surface area (Å²) >= 11 is 0. The Morgan fingerprint density at radius 2 is 0.707 bits per heavy atom. The van der Waals surface area contributed by atoms with Crippen LogP contribution in [0.25, 0.3) is 0 Å². The Morgan fingerprint density at radius 1 is 0.463 bits per heavy atom. The van der Waals surface area contributed by atoms with Crippen molar-refractivity contribution in [2.24, 2.45) is 5.41 Å². The van der Waals surface area contributed by atoms with E-state index in [-0.39, 0.29) is 5.97 Å². The molecule has 0 N–H and O–H groups in total. The van der Waals surface area contributed by atoms with E-state index in [1.165, 1.54) is 154 Å². The van der Waals surface area contributed by atoms with Crippen molar-refractivity contribution < 1.29 is 9.53 Å². The van der Waals surface area contributed by atoms with Gasteiger partial charge < -0.3 is 4.74 Å². The third-order valence-corrected chi connectivity index (χ3v) is 8.77. The van der Waals surface area contributed by atoms with E-state index in [9.17, 15) is 4.79 Å². The van der Waals surface area contributed by atoms with Crippen molar-refractivity contribution in [3.8, 4) is 0 Å². The van der Waals surface area contributed by atoms with Crippen molar-refractivity contribution >= 4 is 5.97 Å². The van der Waals surface area contributed by atoms with Crippen LogP contribution in [0.3, 0.4) is 0 Å². The van der Waals surface area contributed by atoms with Crippen LogP contribution < -0.4 is 0 Å². The number of hydrogen-bond acceptors (Lipinski definition) is 2. The molecule has 2 heteroatoms. The van der Waals surface area contributed by atoms with E-state index >= 15 is 0 Å². The second-order valence-electron chi connectivity index (χ2n) is 12.7. The van der Waals surface area contributed by atoms with Crippen LogP contribution in [0.15, 0.2) is 38.0 Å².